The number of halogens is 1. The molecule has 1 fully saturated rings. The average molecular weight is 352 g/mol. The number of amides is 1. The molecule has 5 nitrogen and oxygen atoms in total. The maximum absolute atomic E-state index is 12.0. The van der Waals surface area contributed by atoms with Crippen molar-refractivity contribution in [1.29, 1.82) is 5.26 Å². The lowest BCUT2D eigenvalue weighted by atomic mass is 9.98. The van der Waals surface area contributed by atoms with Gasteiger partial charge in [-0.1, -0.05) is 15.9 Å². The molecular formula is C15H18BrN3O2. The largest absolute Gasteiger partial charge is 0.495 e. The zero-order valence-electron chi connectivity index (χ0n) is 12.1. The first-order valence-corrected chi connectivity index (χ1v) is 7.57. The summed E-state index contributed by atoms with van der Waals surface area (Å²) in [6.07, 6.45) is 1.99. The van der Waals surface area contributed by atoms with Gasteiger partial charge in [0.05, 0.1) is 25.4 Å². The number of ether oxygens (including phenoxy) is 1. The Balaban J connectivity index is 1.95. The summed E-state index contributed by atoms with van der Waals surface area (Å²) in [5, 5.41) is 15.1. The van der Waals surface area contributed by atoms with Crippen molar-refractivity contribution in [1.82, 2.24) is 5.32 Å². The molecule has 1 saturated carbocycles. The lowest BCUT2D eigenvalue weighted by Crippen LogP contribution is -2.48. The normalized spacial score (nSPS) is 16.5. The van der Waals surface area contributed by atoms with Gasteiger partial charge >= 0.3 is 0 Å². The van der Waals surface area contributed by atoms with E-state index in [1.807, 2.05) is 18.2 Å². The lowest BCUT2D eigenvalue weighted by Gasteiger charge is -2.23. The van der Waals surface area contributed by atoms with Gasteiger partial charge in [-0.05, 0) is 43.9 Å². The summed E-state index contributed by atoms with van der Waals surface area (Å²) in [6.45, 7) is 1.87. The number of nitrogens with zero attached hydrogens (tertiary/aromatic N) is 1. The highest BCUT2D eigenvalue weighted by molar-refractivity contribution is 9.10. The molecule has 6 heteroatoms. The molecule has 1 aromatic rings. The van der Waals surface area contributed by atoms with E-state index < -0.39 is 5.54 Å². The van der Waals surface area contributed by atoms with Gasteiger partial charge in [0.2, 0.25) is 5.91 Å². The SMILES string of the molecule is COc1ccc(Br)cc1NCC(=O)N[C@@](C)(C#N)C1CC1. The minimum Gasteiger partial charge on any atom is -0.495 e. The van der Waals surface area contributed by atoms with E-state index in [0.717, 1.165) is 23.0 Å². The molecule has 0 saturated heterocycles. The van der Waals surface area contributed by atoms with Crippen LogP contribution in [0.5, 0.6) is 5.75 Å². The molecule has 1 atom stereocenters. The third-order valence-corrected chi connectivity index (χ3v) is 4.12. The molecule has 0 unspecified atom stereocenters. The highest BCUT2D eigenvalue weighted by Crippen LogP contribution is 2.39. The Bertz CT molecular complexity index is 581. The quantitative estimate of drug-likeness (QED) is 0.826. The minimum absolute atomic E-state index is 0.0941. The summed E-state index contributed by atoms with van der Waals surface area (Å²) in [6, 6.07) is 7.73. The third-order valence-electron chi connectivity index (χ3n) is 3.63. The maximum atomic E-state index is 12.0. The summed E-state index contributed by atoms with van der Waals surface area (Å²) in [5.74, 6) is 0.732. The Labute approximate surface area is 132 Å². The molecule has 0 spiro atoms. The van der Waals surface area contributed by atoms with E-state index in [0.29, 0.717) is 5.75 Å². The van der Waals surface area contributed by atoms with Crippen LogP contribution in [0.25, 0.3) is 0 Å². The van der Waals surface area contributed by atoms with Gasteiger partial charge in [-0.3, -0.25) is 4.79 Å². The molecule has 112 valence electrons. The van der Waals surface area contributed by atoms with E-state index in [-0.39, 0.29) is 18.4 Å². The van der Waals surface area contributed by atoms with Gasteiger partial charge in [0.1, 0.15) is 11.3 Å². The van der Waals surface area contributed by atoms with Gasteiger partial charge in [-0.2, -0.15) is 5.26 Å². The van der Waals surface area contributed by atoms with E-state index in [4.69, 9.17) is 4.74 Å². The molecule has 0 heterocycles. The van der Waals surface area contributed by atoms with Gasteiger partial charge in [-0.25, -0.2) is 0 Å². The van der Waals surface area contributed by atoms with E-state index in [2.05, 4.69) is 32.6 Å². The summed E-state index contributed by atoms with van der Waals surface area (Å²) in [5.41, 5.74) is -0.0350. The van der Waals surface area contributed by atoms with Crippen molar-refractivity contribution in [3.05, 3.63) is 22.7 Å². The fourth-order valence-corrected chi connectivity index (χ4v) is 2.57. The third kappa shape index (κ3) is 3.88. The van der Waals surface area contributed by atoms with Crippen molar-refractivity contribution in [3.63, 3.8) is 0 Å². The van der Waals surface area contributed by atoms with E-state index in [9.17, 15) is 10.1 Å². The molecule has 0 aliphatic heterocycles. The van der Waals surface area contributed by atoms with E-state index >= 15 is 0 Å². The topological polar surface area (TPSA) is 74.2 Å². The van der Waals surface area contributed by atoms with E-state index in [1.165, 1.54) is 0 Å². The van der Waals surface area contributed by atoms with Crippen molar-refractivity contribution in [2.24, 2.45) is 5.92 Å². The molecule has 1 aromatic carbocycles. The first kappa shape index (κ1) is 15.6. The number of nitrogens with one attached hydrogen (secondary N) is 2. The van der Waals surface area contributed by atoms with Crippen molar-refractivity contribution in [2.75, 3.05) is 19.0 Å². The first-order valence-electron chi connectivity index (χ1n) is 6.78. The zero-order valence-corrected chi connectivity index (χ0v) is 13.7. The second-order valence-corrected chi connectivity index (χ2v) is 6.25. The molecule has 2 N–H and O–H groups in total. The maximum Gasteiger partial charge on any atom is 0.240 e. The number of rotatable bonds is 6. The minimum atomic E-state index is -0.764. The van der Waals surface area contributed by atoms with E-state index in [1.54, 1.807) is 14.0 Å². The second-order valence-electron chi connectivity index (χ2n) is 5.33. The highest BCUT2D eigenvalue weighted by atomic mass is 79.9. The summed E-state index contributed by atoms with van der Waals surface area (Å²) >= 11 is 3.38. The number of methoxy groups -OCH3 is 1. The Morgan fingerprint density at radius 1 is 1.57 bits per heavy atom. The van der Waals surface area contributed by atoms with Crippen LogP contribution in [-0.4, -0.2) is 25.1 Å². The summed E-state index contributed by atoms with van der Waals surface area (Å²) < 4.78 is 6.13. The fraction of sp³-hybridized carbons (Fsp3) is 0.467. The zero-order chi connectivity index (χ0) is 15.5. The average Bonchev–Trinajstić information content (AvgIpc) is 3.30. The van der Waals surface area contributed by atoms with Crippen LogP contribution in [0.2, 0.25) is 0 Å². The van der Waals surface area contributed by atoms with Crippen LogP contribution < -0.4 is 15.4 Å². The molecule has 2 rings (SSSR count). The van der Waals surface area contributed by atoms with Crippen LogP contribution in [0.4, 0.5) is 5.69 Å². The Morgan fingerprint density at radius 2 is 2.29 bits per heavy atom. The molecule has 1 amide bonds. The molecule has 0 aromatic heterocycles. The van der Waals surface area contributed by atoms with Gasteiger partial charge < -0.3 is 15.4 Å². The van der Waals surface area contributed by atoms with Gasteiger partial charge in [0.25, 0.3) is 0 Å². The van der Waals surface area contributed by atoms with Crippen LogP contribution in [0.3, 0.4) is 0 Å². The van der Waals surface area contributed by atoms with Gasteiger partial charge in [-0.15, -0.1) is 0 Å². The smallest absolute Gasteiger partial charge is 0.240 e. The second kappa shape index (κ2) is 6.35. The Hall–Kier alpha value is -1.74. The van der Waals surface area contributed by atoms with Crippen LogP contribution >= 0.6 is 15.9 Å². The van der Waals surface area contributed by atoms with Crippen LogP contribution in [0, 0.1) is 17.2 Å². The molecular weight excluding hydrogens is 334 g/mol. The number of hydrogen-bond acceptors (Lipinski definition) is 4. The monoisotopic (exact) mass is 351 g/mol. The number of carbonyl (C=O) groups is 1. The summed E-state index contributed by atoms with van der Waals surface area (Å²) in [7, 11) is 1.58. The molecule has 21 heavy (non-hydrogen) atoms. The van der Waals surface area contributed by atoms with Crippen LogP contribution in [0.15, 0.2) is 22.7 Å². The predicted molar refractivity (Wildman–Crippen MR) is 84.1 cm³/mol. The lowest BCUT2D eigenvalue weighted by molar-refractivity contribution is -0.120. The number of anilines is 1. The predicted octanol–water partition coefficient (Wildman–Crippen LogP) is 2.68. The molecule has 0 bridgehead atoms. The van der Waals surface area contributed by atoms with Gasteiger partial charge in [0.15, 0.2) is 0 Å². The number of hydrogen-bond donors (Lipinski definition) is 2. The number of nitriles is 1. The van der Waals surface area contributed by atoms with Gasteiger partial charge in [0, 0.05) is 4.47 Å². The molecule has 1 aliphatic rings. The van der Waals surface area contributed by atoms with Crippen molar-refractivity contribution in [2.45, 2.75) is 25.3 Å². The number of carbonyl (C=O) groups excluding carboxylic acids is 1. The Kier molecular flexibility index (Phi) is 4.73. The standard InChI is InChI=1S/C15H18BrN3O2/c1-15(9-17,10-3-4-10)19-14(20)8-18-12-7-11(16)5-6-13(12)21-2/h5-7,10,18H,3-4,8H2,1-2H3,(H,19,20)/t15-/m0/s1. The van der Waals surface area contributed by atoms with Crippen molar-refractivity contribution in [3.8, 4) is 11.8 Å². The number of benzene rings is 1. The van der Waals surface area contributed by atoms with Crippen LogP contribution in [-0.2, 0) is 4.79 Å². The highest BCUT2D eigenvalue weighted by Gasteiger charge is 2.42. The fourth-order valence-electron chi connectivity index (χ4n) is 2.21. The van der Waals surface area contributed by atoms with Crippen molar-refractivity contribution >= 4 is 27.5 Å². The van der Waals surface area contributed by atoms with Crippen molar-refractivity contribution < 1.29 is 9.53 Å². The Morgan fingerprint density at radius 3 is 2.86 bits per heavy atom. The summed E-state index contributed by atoms with van der Waals surface area (Å²) in [4.78, 5) is 12.0. The molecule has 0 radical (unpaired) electrons. The molecule has 1 aliphatic carbocycles. The van der Waals surface area contributed by atoms with Crippen LogP contribution in [0.1, 0.15) is 19.8 Å². The first-order chi connectivity index (χ1) is 9.98.